The summed E-state index contributed by atoms with van der Waals surface area (Å²) in [4.78, 5) is 4.35. The number of nitrogens with one attached hydrogen (secondary N) is 1. The summed E-state index contributed by atoms with van der Waals surface area (Å²) >= 11 is 0. The monoisotopic (exact) mass is 499 g/mol. The molecule has 0 saturated carbocycles. The minimum atomic E-state index is -4.59. The quantitative estimate of drug-likeness (QED) is 0.192. The molecular formula is C27H25F4N3O2. The van der Waals surface area contributed by atoms with Crippen LogP contribution in [0.1, 0.15) is 46.0 Å². The normalized spacial score (nSPS) is 11.9. The van der Waals surface area contributed by atoms with Crippen molar-refractivity contribution in [3.8, 4) is 5.75 Å². The standard InChI is InChI=1S/C27H25F4N3O2/c1-18-15-19(5-10-25(18)35-14-2-3-22-12-13-32-34-22)4-9-23-17-36-26(33-23)11-7-20-6-8-21(16-24(20)28)27(29,30)31/h5-8,10-13,15-17H,2-4,9,14H2,1H3,(H,32,34)/b11-7+. The number of nitrogens with zero attached hydrogens (tertiary/aromatic N) is 2. The lowest BCUT2D eigenvalue weighted by Crippen LogP contribution is -2.05. The van der Waals surface area contributed by atoms with E-state index in [0.29, 0.717) is 19.1 Å². The van der Waals surface area contributed by atoms with Gasteiger partial charge in [0.1, 0.15) is 17.8 Å². The Balaban J connectivity index is 1.27. The third-order valence-corrected chi connectivity index (χ3v) is 5.62. The Morgan fingerprint density at radius 1 is 1.03 bits per heavy atom. The van der Waals surface area contributed by atoms with E-state index in [1.165, 1.54) is 18.4 Å². The number of halogens is 4. The summed E-state index contributed by atoms with van der Waals surface area (Å²) in [5, 5.41) is 6.87. The zero-order valence-electron chi connectivity index (χ0n) is 19.6. The average molecular weight is 500 g/mol. The minimum Gasteiger partial charge on any atom is -0.493 e. The highest BCUT2D eigenvalue weighted by Crippen LogP contribution is 2.30. The second-order valence-electron chi connectivity index (χ2n) is 8.38. The van der Waals surface area contributed by atoms with Gasteiger partial charge in [-0.1, -0.05) is 18.2 Å². The number of H-pyrrole nitrogens is 1. The van der Waals surface area contributed by atoms with Crippen LogP contribution < -0.4 is 4.74 Å². The lowest BCUT2D eigenvalue weighted by molar-refractivity contribution is -0.137. The molecule has 2 heterocycles. The molecule has 0 bridgehead atoms. The van der Waals surface area contributed by atoms with Gasteiger partial charge in [0.05, 0.1) is 17.9 Å². The van der Waals surface area contributed by atoms with Crippen LogP contribution in [0.25, 0.3) is 12.2 Å². The molecule has 36 heavy (non-hydrogen) atoms. The van der Waals surface area contributed by atoms with Crippen molar-refractivity contribution >= 4 is 12.2 Å². The maximum Gasteiger partial charge on any atom is 0.416 e. The molecule has 0 radical (unpaired) electrons. The smallest absolute Gasteiger partial charge is 0.416 e. The molecule has 0 amide bonds. The molecule has 2 aromatic heterocycles. The molecule has 0 spiro atoms. The number of alkyl halides is 3. The predicted molar refractivity (Wildman–Crippen MR) is 128 cm³/mol. The lowest BCUT2D eigenvalue weighted by atomic mass is 10.1. The Morgan fingerprint density at radius 2 is 1.89 bits per heavy atom. The van der Waals surface area contributed by atoms with Gasteiger partial charge in [-0.15, -0.1) is 0 Å². The maximum atomic E-state index is 14.0. The summed E-state index contributed by atoms with van der Waals surface area (Å²) in [5.74, 6) is 0.139. The number of aryl methyl sites for hydroxylation is 4. The number of benzene rings is 2. The van der Waals surface area contributed by atoms with Gasteiger partial charge in [0, 0.05) is 23.5 Å². The highest BCUT2D eigenvalue weighted by atomic mass is 19.4. The van der Waals surface area contributed by atoms with Crippen molar-refractivity contribution in [2.24, 2.45) is 0 Å². The zero-order chi connectivity index (χ0) is 25.5. The van der Waals surface area contributed by atoms with Gasteiger partial charge in [-0.25, -0.2) is 9.37 Å². The van der Waals surface area contributed by atoms with E-state index < -0.39 is 17.6 Å². The van der Waals surface area contributed by atoms with E-state index in [-0.39, 0.29) is 11.5 Å². The first kappa shape index (κ1) is 25.2. The summed E-state index contributed by atoms with van der Waals surface area (Å²) in [6.07, 6.45) is 4.57. The van der Waals surface area contributed by atoms with Crippen molar-refractivity contribution in [3.63, 3.8) is 0 Å². The zero-order valence-corrected chi connectivity index (χ0v) is 19.6. The number of aromatic amines is 1. The van der Waals surface area contributed by atoms with Gasteiger partial charge in [-0.3, -0.25) is 5.10 Å². The van der Waals surface area contributed by atoms with Crippen LogP contribution in [-0.2, 0) is 25.4 Å². The second-order valence-corrected chi connectivity index (χ2v) is 8.38. The number of aromatic nitrogens is 3. The van der Waals surface area contributed by atoms with Gasteiger partial charge in [0.2, 0.25) is 5.89 Å². The minimum absolute atomic E-state index is 0.0156. The molecule has 4 rings (SSSR count). The van der Waals surface area contributed by atoms with Crippen LogP contribution in [0.15, 0.2) is 59.3 Å². The van der Waals surface area contributed by atoms with Crippen LogP contribution in [0.3, 0.4) is 0 Å². The average Bonchev–Trinajstić information content (AvgIpc) is 3.52. The Kier molecular flexibility index (Phi) is 7.87. The summed E-state index contributed by atoms with van der Waals surface area (Å²) in [6.45, 7) is 2.62. The molecular weight excluding hydrogens is 474 g/mol. The number of hydrogen-bond donors (Lipinski definition) is 1. The van der Waals surface area contributed by atoms with Crippen LogP contribution in [0.4, 0.5) is 17.6 Å². The van der Waals surface area contributed by atoms with Gasteiger partial charge < -0.3 is 9.15 Å². The summed E-state index contributed by atoms with van der Waals surface area (Å²) in [6, 6.07) is 10.4. The SMILES string of the molecule is Cc1cc(CCc2coc(/C=C/c3ccc(C(F)(F)F)cc3F)n2)ccc1OCCCc1ccn[nH]1. The predicted octanol–water partition coefficient (Wildman–Crippen LogP) is 6.83. The Labute approximate surface area is 205 Å². The highest BCUT2D eigenvalue weighted by molar-refractivity contribution is 5.66. The summed E-state index contributed by atoms with van der Waals surface area (Å²) in [5.41, 5.74) is 2.97. The van der Waals surface area contributed by atoms with Crippen molar-refractivity contribution in [2.75, 3.05) is 6.61 Å². The second kappa shape index (κ2) is 11.2. The van der Waals surface area contributed by atoms with E-state index in [4.69, 9.17) is 9.15 Å². The molecule has 1 N–H and O–H groups in total. The molecule has 4 aromatic rings. The van der Waals surface area contributed by atoms with Crippen LogP contribution in [-0.4, -0.2) is 21.8 Å². The Morgan fingerprint density at radius 3 is 2.61 bits per heavy atom. The van der Waals surface area contributed by atoms with E-state index >= 15 is 0 Å². The third kappa shape index (κ3) is 6.84. The lowest BCUT2D eigenvalue weighted by Gasteiger charge is -2.10. The van der Waals surface area contributed by atoms with Gasteiger partial charge in [0.25, 0.3) is 0 Å². The van der Waals surface area contributed by atoms with Crippen molar-refractivity contribution in [3.05, 3.63) is 100 Å². The fourth-order valence-corrected chi connectivity index (χ4v) is 3.68. The largest absolute Gasteiger partial charge is 0.493 e. The first-order valence-corrected chi connectivity index (χ1v) is 11.5. The van der Waals surface area contributed by atoms with E-state index in [2.05, 4.69) is 21.2 Å². The van der Waals surface area contributed by atoms with Crippen LogP contribution in [0.5, 0.6) is 5.75 Å². The molecule has 9 heteroatoms. The van der Waals surface area contributed by atoms with Gasteiger partial charge in [-0.2, -0.15) is 18.3 Å². The van der Waals surface area contributed by atoms with Gasteiger partial charge in [0.15, 0.2) is 0 Å². The number of hydrogen-bond acceptors (Lipinski definition) is 4. The van der Waals surface area contributed by atoms with Crippen LogP contribution in [0.2, 0.25) is 0 Å². The van der Waals surface area contributed by atoms with E-state index in [1.54, 1.807) is 6.20 Å². The van der Waals surface area contributed by atoms with E-state index in [9.17, 15) is 17.6 Å². The molecule has 2 aromatic carbocycles. The van der Waals surface area contributed by atoms with Gasteiger partial charge >= 0.3 is 6.18 Å². The van der Waals surface area contributed by atoms with Crippen molar-refractivity contribution < 1.29 is 26.7 Å². The Bertz CT molecular complexity index is 1310. The molecule has 0 saturated heterocycles. The van der Waals surface area contributed by atoms with Crippen molar-refractivity contribution in [2.45, 2.75) is 38.8 Å². The van der Waals surface area contributed by atoms with Crippen LogP contribution >= 0.6 is 0 Å². The molecule has 188 valence electrons. The molecule has 0 aliphatic heterocycles. The fourth-order valence-electron chi connectivity index (χ4n) is 3.68. The number of oxazole rings is 1. The topological polar surface area (TPSA) is 63.9 Å². The van der Waals surface area contributed by atoms with Crippen LogP contribution in [0, 0.1) is 12.7 Å². The van der Waals surface area contributed by atoms with Crippen molar-refractivity contribution in [1.82, 2.24) is 15.2 Å². The summed E-state index contributed by atoms with van der Waals surface area (Å²) in [7, 11) is 0. The number of rotatable bonds is 10. The first-order valence-electron chi connectivity index (χ1n) is 11.5. The molecule has 0 aliphatic carbocycles. The molecule has 0 aliphatic rings. The van der Waals surface area contributed by atoms with E-state index in [1.807, 2.05) is 25.1 Å². The fraction of sp³-hybridized carbons (Fsp3) is 0.259. The van der Waals surface area contributed by atoms with Crippen molar-refractivity contribution in [1.29, 1.82) is 0 Å². The molecule has 0 unspecified atom stereocenters. The maximum absolute atomic E-state index is 14.0. The molecule has 0 fully saturated rings. The highest BCUT2D eigenvalue weighted by Gasteiger charge is 2.30. The molecule has 5 nitrogen and oxygen atoms in total. The van der Waals surface area contributed by atoms with Gasteiger partial charge in [-0.05, 0) is 74.1 Å². The Hall–Kier alpha value is -3.88. The number of ether oxygens (including phenoxy) is 1. The summed E-state index contributed by atoms with van der Waals surface area (Å²) < 4.78 is 63.3. The third-order valence-electron chi connectivity index (χ3n) is 5.62. The molecule has 0 atom stereocenters. The first-order chi connectivity index (χ1) is 17.3. The van der Waals surface area contributed by atoms with E-state index in [0.717, 1.165) is 59.7 Å².